The zero-order chi connectivity index (χ0) is 24.1. The Kier molecular flexibility index (Phi) is 7.69. The molecule has 2 aliphatic carbocycles. The van der Waals surface area contributed by atoms with Gasteiger partial charge in [-0.1, -0.05) is 54.6 Å². The Morgan fingerprint density at radius 2 is 1.88 bits per heavy atom. The third kappa shape index (κ3) is 5.51. The normalized spacial score (nSPS) is 17.3. The minimum absolute atomic E-state index is 0.249. The average Bonchev–Trinajstić information content (AvgIpc) is 3.01. The number of amides is 1. The highest BCUT2D eigenvalue weighted by Gasteiger charge is 2.21. The van der Waals surface area contributed by atoms with Crippen LogP contribution in [0.25, 0.3) is 5.57 Å². The lowest BCUT2D eigenvalue weighted by Gasteiger charge is -2.21. The number of hydrogen-bond acceptors (Lipinski definition) is 3. The van der Waals surface area contributed by atoms with Crippen molar-refractivity contribution in [1.29, 1.82) is 0 Å². The lowest BCUT2D eigenvalue weighted by Crippen LogP contribution is -2.30. The quantitative estimate of drug-likeness (QED) is 0.479. The highest BCUT2D eigenvalue weighted by atomic mass is 16.6. The Morgan fingerprint density at radius 3 is 2.71 bits per heavy atom. The first kappa shape index (κ1) is 24.0. The van der Waals surface area contributed by atoms with Crippen molar-refractivity contribution < 1.29 is 9.53 Å². The van der Waals surface area contributed by atoms with Crippen molar-refractivity contribution >= 4 is 11.7 Å². The Bertz CT molecular complexity index is 1130. The second-order valence-corrected chi connectivity index (χ2v) is 9.51. The van der Waals surface area contributed by atoms with Gasteiger partial charge in [0.2, 0.25) is 0 Å². The molecule has 4 heteroatoms. The van der Waals surface area contributed by atoms with Crippen LogP contribution in [0, 0.1) is 0 Å². The van der Waals surface area contributed by atoms with Gasteiger partial charge < -0.3 is 14.5 Å². The van der Waals surface area contributed by atoms with E-state index in [9.17, 15) is 4.79 Å². The van der Waals surface area contributed by atoms with Crippen molar-refractivity contribution in [2.45, 2.75) is 45.1 Å². The minimum atomic E-state index is -0.324. The molecule has 178 valence electrons. The molecule has 2 aromatic carbocycles. The van der Waals surface area contributed by atoms with Crippen molar-refractivity contribution in [2.24, 2.45) is 0 Å². The Morgan fingerprint density at radius 1 is 1.06 bits per heavy atom. The number of hydrogen-bond donors (Lipinski definition) is 0. The summed E-state index contributed by atoms with van der Waals surface area (Å²) in [6.07, 6.45) is 11.7. The molecule has 4 rings (SSSR count). The lowest BCUT2D eigenvalue weighted by atomic mass is 9.87. The second kappa shape index (κ2) is 10.9. The molecule has 34 heavy (non-hydrogen) atoms. The molecule has 0 unspecified atom stereocenters. The van der Waals surface area contributed by atoms with Gasteiger partial charge in [0.25, 0.3) is 0 Å². The van der Waals surface area contributed by atoms with Crippen LogP contribution in [0.4, 0.5) is 4.79 Å². The molecular weight excluding hydrogens is 420 g/mol. The monoisotopic (exact) mass is 456 g/mol. The third-order valence-corrected chi connectivity index (χ3v) is 7.01. The molecule has 0 bridgehead atoms. The van der Waals surface area contributed by atoms with E-state index in [-0.39, 0.29) is 12.1 Å². The van der Waals surface area contributed by atoms with Crippen molar-refractivity contribution in [3.63, 3.8) is 0 Å². The van der Waals surface area contributed by atoms with E-state index in [2.05, 4.69) is 60.4 Å². The molecule has 4 nitrogen and oxygen atoms in total. The molecule has 1 amide bonds. The van der Waals surface area contributed by atoms with E-state index in [4.69, 9.17) is 4.74 Å². The number of aryl methyl sites for hydroxylation is 1. The average molecular weight is 457 g/mol. The van der Waals surface area contributed by atoms with Gasteiger partial charge in [-0.3, -0.25) is 0 Å². The van der Waals surface area contributed by atoms with Crippen molar-refractivity contribution in [3.05, 3.63) is 94.6 Å². The molecule has 2 aliphatic rings. The molecule has 0 saturated carbocycles. The molecule has 0 fully saturated rings. The van der Waals surface area contributed by atoms with E-state index < -0.39 is 0 Å². The molecule has 0 aromatic heterocycles. The summed E-state index contributed by atoms with van der Waals surface area (Å²) in [5.41, 5.74) is 8.17. The van der Waals surface area contributed by atoms with Gasteiger partial charge in [0.1, 0.15) is 5.75 Å². The van der Waals surface area contributed by atoms with Gasteiger partial charge in [0, 0.05) is 19.6 Å². The summed E-state index contributed by atoms with van der Waals surface area (Å²) in [4.78, 5) is 16.5. The first-order chi connectivity index (χ1) is 16.4. The van der Waals surface area contributed by atoms with Crippen LogP contribution >= 0.6 is 0 Å². The maximum absolute atomic E-state index is 12.7. The van der Waals surface area contributed by atoms with Gasteiger partial charge in [0.05, 0.1) is 0 Å². The van der Waals surface area contributed by atoms with Gasteiger partial charge in [-0.05, 0) is 98.7 Å². The number of allylic oxidation sites excluding steroid dienone is 5. The van der Waals surface area contributed by atoms with E-state index in [0.717, 1.165) is 37.7 Å². The molecular formula is C30H36N2O2. The van der Waals surface area contributed by atoms with E-state index in [0.29, 0.717) is 12.3 Å². The summed E-state index contributed by atoms with van der Waals surface area (Å²) in [6, 6.07) is 16.8. The van der Waals surface area contributed by atoms with Crippen LogP contribution in [-0.4, -0.2) is 43.6 Å². The Hall–Kier alpha value is -3.11. The summed E-state index contributed by atoms with van der Waals surface area (Å²) < 4.78 is 5.68. The van der Waals surface area contributed by atoms with Gasteiger partial charge in [0.15, 0.2) is 0 Å². The minimum Gasteiger partial charge on any atom is -0.410 e. The molecule has 0 heterocycles. The van der Waals surface area contributed by atoms with Crippen molar-refractivity contribution in [2.75, 3.05) is 27.7 Å². The molecule has 2 aromatic rings. The smallest absolute Gasteiger partial charge is 0.410 e. The van der Waals surface area contributed by atoms with Crippen LogP contribution in [-0.2, 0) is 6.42 Å². The number of ether oxygens (including phenoxy) is 1. The van der Waals surface area contributed by atoms with Gasteiger partial charge in [-0.25, -0.2) is 4.79 Å². The number of fused-ring (bicyclic) bond motifs is 1. The maximum Gasteiger partial charge on any atom is 0.414 e. The SMILES string of the molecule is C[C@@H](c1cccc(OC(=O)N(C)CC/C=C2/C3=C(C=CCC3)CCc3ccccc32)c1)N(C)C. The van der Waals surface area contributed by atoms with Crippen molar-refractivity contribution in [1.82, 2.24) is 9.80 Å². The standard InChI is InChI=1S/C30H36N2O2/c1-22(31(2)3)25-13-9-14-26(21-25)34-30(33)32(4)20-10-17-29-27-15-7-5-11-23(27)18-19-24-12-6-8-16-28(24)29/h5-7,9,11-15,17,21-22H,8,10,16,18-20H2,1-4H3/b29-17+/t22-/m0/s1. The highest BCUT2D eigenvalue weighted by Crippen LogP contribution is 2.39. The van der Waals surface area contributed by atoms with Gasteiger partial charge >= 0.3 is 6.09 Å². The predicted octanol–water partition coefficient (Wildman–Crippen LogP) is 6.81. The summed E-state index contributed by atoms with van der Waals surface area (Å²) in [7, 11) is 5.89. The van der Waals surface area contributed by atoms with E-state index >= 15 is 0 Å². The Balaban J connectivity index is 1.45. The molecule has 1 atom stereocenters. The first-order valence-corrected chi connectivity index (χ1v) is 12.3. The third-order valence-electron chi connectivity index (χ3n) is 7.01. The van der Waals surface area contributed by atoms with Crippen molar-refractivity contribution in [3.8, 4) is 5.75 Å². The maximum atomic E-state index is 12.7. The summed E-state index contributed by atoms with van der Waals surface area (Å²) in [5, 5.41) is 0. The molecule has 0 N–H and O–H groups in total. The Labute approximate surface area is 204 Å². The molecule has 0 spiro atoms. The summed E-state index contributed by atoms with van der Waals surface area (Å²) >= 11 is 0. The number of nitrogens with zero attached hydrogens (tertiary/aromatic N) is 2. The zero-order valence-electron chi connectivity index (χ0n) is 20.9. The fourth-order valence-corrected chi connectivity index (χ4v) is 4.73. The summed E-state index contributed by atoms with van der Waals surface area (Å²) in [5.74, 6) is 0.586. The largest absolute Gasteiger partial charge is 0.414 e. The topological polar surface area (TPSA) is 32.8 Å². The number of carbonyl (C=O) groups excluding carboxylic acids is 1. The van der Waals surface area contributed by atoms with Crippen LogP contribution < -0.4 is 4.74 Å². The zero-order valence-corrected chi connectivity index (χ0v) is 20.9. The van der Waals surface area contributed by atoms with Crippen LogP contribution in [0.5, 0.6) is 5.75 Å². The summed E-state index contributed by atoms with van der Waals surface area (Å²) in [6.45, 7) is 2.74. The fourth-order valence-electron chi connectivity index (χ4n) is 4.73. The molecule has 0 aliphatic heterocycles. The van der Waals surface area contributed by atoms with E-state index in [1.165, 1.54) is 27.8 Å². The van der Waals surface area contributed by atoms with E-state index in [1.54, 1.807) is 4.90 Å². The number of rotatable bonds is 6. The van der Waals surface area contributed by atoms with Gasteiger partial charge in [-0.2, -0.15) is 0 Å². The van der Waals surface area contributed by atoms with Gasteiger partial charge in [-0.15, -0.1) is 0 Å². The predicted molar refractivity (Wildman–Crippen MR) is 140 cm³/mol. The van der Waals surface area contributed by atoms with Crippen LogP contribution in [0.3, 0.4) is 0 Å². The van der Waals surface area contributed by atoms with Crippen LogP contribution in [0.1, 0.15) is 55.3 Å². The van der Waals surface area contributed by atoms with Crippen LogP contribution in [0.15, 0.2) is 77.9 Å². The number of benzene rings is 2. The fraction of sp³-hybridized carbons (Fsp3) is 0.367. The first-order valence-electron chi connectivity index (χ1n) is 12.3. The lowest BCUT2D eigenvalue weighted by molar-refractivity contribution is 0.163. The molecule has 0 radical (unpaired) electrons. The van der Waals surface area contributed by atoms with Crippen LogP contribution in [0.2, 0.25) is 0 Å². The second-order valence-electron chi connectivity index (χ2n) is 9.51. The number of carbonyl (C=O) groups is 1. The highest BCUT2D eigenvalue weighted by molar-refractivity contribution is 5.83. The molecule has 0 saturated heterocycles. The van der Waals surface area contributed by atoms with E-state index in [1.807, 2.05) is 39.3 Å².